The highest BCUT2D eigenvalue weighted by Crippen LogP contribution is 2.65. The number of aryl methyl sites for hydroxylation is 1. The lowest BCUT2D eigenvalue weighted by Gasteiger charge is -2.61. The Morgan fingerprint density at radius 3 is 2.19 bits per heavy atom. The van der Waals surface area contributed by atoms with Crippen molar-refractivity contribution in [2.75, 3.05) is 13.2 Å². The van der Waals surface area contributed by atoms with Crippen molar-refractivity contribution in [3.63, 3.8) is 0 Å². The van der Waals surface area contributed by atoms with E-state index in [2.05, 4.69) is 9.37 Å². The molecule has 176 valence electrons. The number of esters is 2. The van der Waals surface area contributed by atoms with Crippen LogP contribution in [0.4, 0.5) is 8.78 Å². The van der Waals surface area contributed by atoms with Gasteiger partial charge in [0.25, 0.3) is 0 Å². The molecule has 10 heteroatoms. The van der Waals surface area contributed by atoms with Gasteiger partial charge < -0.3 is 14.7 Å². The van der Waals surface area contributed by atoms with Gasteiger partial charge in [-0.1, -0.05) is 17.7 Å². The van der Waals surface area contributed by atoms with Crippen molar-refractivity contribution in [1.29, 1.82) is 0 Å². The van der Waals surface area contributed by atoms with Crippen LogP contribution >= 0.6 is 12.0 Å². The summed E-state index contributed by atoms with van der Waals surface area (Å²) in [6, 6.07) is 7.18. The Morgan fingerprint density at radius 2 is 1.62 bits per heavy atom. The molecule has 0 amide bonds. The zero-order valence-electron chi connectivity index (χ0n) is 17.6. The molecule has 2 atom stereocenters. The minimum atomic E-state index is -4.05. The van der Waals surface area contributed by atoms with Crippen LogP contribution in [0.2, 0.25) is 0 Å². The van der Waals surface area contributed by atoms with Gasteiger partial charge in [-0.05, 0) is 69.4 Å². The number of carbonyl (C=O) groups is 2. The fourth-order valence-electron chi connectivity index (χ4n) is 6.37. The van der Waals surface area contributed by atoms with E-state index in [0.717, 1.165) is 37.7 Å². The van der Waals surface area contributed by atoms with Gasteiger partial charge in [-0.3, -0.25) is 5.04 Å². The Balaban J connectivity index is 1.39. The Kier molecular flexibility index (Phi) is 6.50. The van der Waals surface area contributed by atoms with Crippen LogP contribution in [0.1, 0.15) is 54.4 Å². The summed E-state index contributed by atoms with van der Waals surface area (Å²) in [5.74, 6) is -1.37. The molecular weight excluding hydrogens is 446 g/mol. The van der Waals surface area contributed by atoms with Gasteiger partial charge in [0.15, 0.2) is 0 Å². The normalized spacial score (nSPS) is 30.9. The fourth-order valence-corrected chi connectivity index (χ4v) is 6.61. The fraction of sp³-hybridized carbons (Fsp3) is 0.636. The SMILES string of the molecule is Cc1ccc(C(=O)OCC23CC4CC(C2)CC(COC(=O)C(F)(F)SOO[O-])(C4)C3)cc1. The zero-order chi connectivity index (χ0) is 23.0. The molecule has 0 N–H and O–H groups in total. The van der Waals surface area contributed by atoms with Crippen molar-refractivity contribution in [3.8, 4) is 0 Å². The van der Waals surface area contributed by atoms with Gasteiger partial charge in [0.2, 0.25) is 0 Å². The molecule has 5 rings (SSSR count). The van der Waals surface area contributed by atoms with Gasteiger partial charge in [-0.15, -0.1) is 0 Å². The Hall–Kier alpha value is -1.75. The van der Waals surface area contributed by atoms with E-state index in [1.165, 1.54) is 0 Å². The van der Waals surface area contributed by atoms with Crippen LogP contribution in [0, 0.1) is 29.6 Å². The molecule has 4 bridgehead atoms. The molecule has 0 saturated heterocycles. The summed E-state index contributed by atoms with van der Waals surface area (Å²) < 4.78 is 41.7. The third-order valence-electron chi connectivity index (χ3n) is 7.01. The minimum Gasteiger partial charge on any atom is -0.691 e. The molecule has 0 heterocycles. The maximum atomic E-state index is 13.7. The number of benzene rings is 1. The summed E-state index contributed by atoms with van der Waals surface area (Å²) in [5.41, 5.74) is 0.906. The molecule has 4 fully saturated rings. The van der Waals surface area contributed by atoms with Gasteiger partial charge in [0.05, 0.1) is 18.8 Å². The summed E-state index contributed by atoms with van der Waals surface area (Å²) in [4.78, 5) is 24.4. The average molecular weight is 471 g/mol. The molecule has 0 aliphatic heterocycles. The van der Waals surface area contributed by atoms with Crippen molar-refractivity contribution < 1.29 is 42.5 Å². The standard InChI is InChI=1S/C22H26F2O7S/c1-14-2-4-17(5-3-14)18(25)28-12-20-7-15-6-16(8-20)10-21(9-15,11-20)13-29-19(26)22(23,24)32-31-30-27/h2-5,15-16,27H,6-13H2,1H3/p-1. The highest BCUT2D eigenvalue weighted by atomic mass is 32.2. The average Bonchev–Trinajstić information content (AvgIpc) is 2.74. The lowest BCUT2D eigenvalue weighted by molar-refractivity contribution is -0.777. The third-order valence-corrected chi connectivity index (χ3v) is 7.51. The van der Waals surface area contributed by atoms with E-state index in [-0.39, 0.29) is 24.6 Å². The topological polar surface area (TPSA) is 94.1 Å². The van der Waals surface area contributed by atoms with E-state index in [1.54, 1.807) is 12.1 Å². The molecule has 0 spiro atoms. The molecule has 7 nitrogen and oxygen atoms in total. The summed E-state index contributed by atoms with van der Waals surface area (Å²) in [6.07, 6.45) is 5.14. The quantitative estimate of drug-likeness (QED) is 0.233. The van der Waals surface area contributed by atoms with Gasteiger partial charge in [0, 0.05) is 10.8 Å². The van der Waals surface area contributed by atoms with E-state index >= 15 is 0 Å². The lowest BCUT2D eigenvalue weighted by Crippen LogP contribution is -2.55. The Morgan fingerprint density at radius 1 is 1.06 bits per heavy atom. The van der Waals surface area contributed by atoms with Crippen LogP contribution < -0.4 is 5.26 Å². The van der Waals surface area contributed by atoms with Gasteiger partial charge >= 0.3 is 17.2 Å². The van der Waals surface area contributed by atoms with Crippen LogP contribution in [0.15, 0.2) is 24.3 Å². The zero-order valence-corrected chi connectivity index (χ0v) is 18.5. The highest BCUT2D eigenvalue weighted by Gasteiger charge is 2.59. The first kappa shape index (κ1) is 23.4. The van der Waals surface area contributed by atoms with Crippen molar-refractivity contribution >= 4 is 24.0 Å². The Bertz CT molecular complexity index is 846. The second-order valence-corrected chi connectivity index (χ2v) is 10.5. The predicted octanol–water partition coefficient (Wildman–Crippen LogP) is 3.75. The van der Waals surface area contributed by atoms with E-state index < -0.39 is 28.7 Å². The van der Waals surface area contributed by atoms with Crippen molar-refractivity contribution in [2.24, 2.45) is 22.7 Å². The summed E-state index contributed by atoms with van der Waals surface area (Å²) >= 11 is -0.687. The molecular formula is C22H25F2O7S-. The first-order chi connectivity index (χ1) is 15.1. The van der Waals surface area contributed by atoms with Gasteiger partial charge in [-0.25, -0.2) is 9.59 Å². The van der Waals surface area contributed by atoms with Crippen molar-refractivity contribution in [1.82, 2.24) is 0 Å². The maximum Gasteiger partial charge on any atom is 0.415 e. The lowest BCUT2D eigenvalue weighted by atomic mass is 9.44. The number of alkyl halides is 2. The molecule has 4 aliphatic rings. The molecule has 4 aliphatic carbocycles. The number of rotatable bonds is 9. The van der Waals surface area contributed by atoms with Crippen molar-refractivity contribution in [2.45, 2.75) is 50.7 Å². The van der Waals surface area contributed by atoms with Crippen molar-refractivity contribution in [3.05, 3.63) is 35.4 Å². The molecule has 4 saturated carbocycles. The highest BCUT2D eigenvalue weighted by molar-refractivity contribution is 7.96. The number of ether oxygens (including phenoxy) is 2. The summed E-state index contributed by atoms with van der Waals surface area (Å²) in [5, 5.41) is 8.61. The second-order valence-electron chi connectivity index (χ2n) is 9.72. The molecule has 1 aromatic rings. The molecule has 0 aromatic heterocycles. The van der Waals surface area contributed by atoms with Crippen LogP contribution in [0.3, 0.4) is 0 Å². The number of carbonyl (C=O) groups excluding carboxylic acids is 2. The van der Waals surface area contributed by atoms with E-state index in [1.807, 2.05) is 19.1 Å². The molecule has 1 aromatic carbocycles. The Labute approximate surface area is 188 Å². The summed E-state index contributed by atoms with van der Waals surface area (Å²) in [6.45, 7) is 2.07. The van der Waals surface area contributed by atoms with Crippen LogP contribution in [0.25, 0.3) is 0 Å². The van der Waals surface area contributed by atoms with Crippen LogP contribution in [0.5, 0.6) is 0 Å². The first-order valence-corrected chi connectivity index (χ1v) is 11.3. The molecule has 0 radical (unpaired) electrons. The van der Waals surface area contributed by atoms with Crippen LogP contribution in [-0.2, 0) is 23.6 Å². The van der Waals surface area contributed by atoms with E-state index in [9.17, 15) is 23.6 Å². The number of hydrogen-bond donors (Lipinski definition) is 0. The monoisotopic (exact) mass is 471 g/mol. The first-order valence-electron chi connectivity index (χ1n) is 10.6. The maximum absolute atomic E-state index is 13.7. The van der Waals surface area contributed by atoms with E-state index in [0.29, 0.717) is 23.8 Å². The molecule has 32 heavy (non-hydrogen) atoms. The largest absolute Gasteiger partial charge is 0.691 e. The molecule has 2 unspecified atom stereocenters. The minimum absolute atomic E-state index is 0.138. The smallest absolute Gasteiger partial charge is 0.415 e. The number of halogens is 2. The van der Waals surface area contributed by atoms with Crippen LogP contribution in [-0.4, -0.2) is 30.4 Å². The second kappa shape index (κ2) is 8.89. The van der Waals surface area contributed by atoms with E-state index in [4.69, 9.17) is 9.47 Å². The number of hydrogen-bond acceptors (Lipinski definition) is 8. The third kappa shape index (κ3) is 4.93. The predicted molar refractivity (Wildman–Crippen MR) is 107 cm³/mol. The van der Waals surface area contributed by atoms with Gasteiger partial charge in [0.1, 0.15) is 12.0 Å². The summed E-state index contributed by atoms with van der Waals surface area (Å²) in [7, 11) is 0. The van der Waals surface area contributed by atoms with Gasteiger partial charge in [-0.2, -0.15) is 13.1 Å².